The van der Waals surface area contributed by atoms with Gasteiger partial charge in [-0.05, 0) is 23.8 Å². The van der Waals surface area contributed by atoms with E-state index in [1.807, 2.05) is 6.07 Å². The molecule has 0 aliphatic carbocycles. The van der Waals surface area contributed by atoms with E-state index in [9.17, 15) is 9.90 Å². The van der Waals surface area contributed by atoms with Crippen molar-refractivity contribution in [2.24, 2.45) is 11.7 Å². The molecule has 4 N–H and O–H groups in total. The molecule has 20 heavy (non-hydrogen) atoms. The SMILES string of the molecule is CC(C)CSC[C@@H](N)C(O)C(=O)NOc1ccccc1. The van der Waals surface area contributed by atoms with Crippen LogP contribution in [0.4, 0.5) is 0 Å². The monoisotopic (exact) mass is 298 g/mol. The lowest BCUT2D eigenvalue weighted by molar-refractivity contribution is -0.137. The largest absolute Gasteiger partial charge is 0.381 e. The van der Waals surface area contributed by atoms with Crippen LogP contribution in [0.1, 0.15) is 13.8 Å². The quantitative estimate of drug-likeness (QED) is 0.628. The Labute approximate surface area is 123 Å². The van der Waals surface area contributed by atoms with Gasteiger partial charge in [0.05, 0.1) is 0 Å². The molecule has 1 aromatic carbocycles. The number of aliphatic hydroxyl groups excluding tert-OH is 1. The average Bonchev–Trinajstić information content (AvgIpc) is 2.44. The van der Waals surface area contributed by atoms with Crippen LogP contribution in [0.2, 0.25) is 0 Å². The first-order valence-electron chi connectivity index (χ1n) is 6.54. The highest BCUT2D eigenvalue weighted by molar-refractivity contribution is 7.99. The third-order valence-corrected chi connectivity index (χ3v) is 3.97. The van der Waals surface area contributed by atoms with Crippen LogP contribution in [0.15, 0.2) is 30.3 Å². The van der Waals surface area contributed by atoms with Crippen molar-refractivity contribution in [1.29, 1.82) is 0 Å². The number of amides is 1. The summed E-state index contributed by atoms with van der Waals surface area (Å²) in [6.07, 6.45) is -1.28. The second kappa shape index (κ2) is 8.84. The summed E-state index contributed by atoms with van der Waals surface area (Å²) < 4.78 is 0. The minimum atomic E-state index is -1.28. The van der Waals surface area contributed by atoms with Gasteiger partial charge in [-0.1, -0.05) is 32.0 Å². The Morgan fingerprint density at radius 3 is 2.60 bits per heavy atom. The van der Waals surface area contributed by atoms with Crippen LogP contribution < -0.4 is 16.1 Å². The maximum atomic E-state index is 11.7. The summed E-state index contributed by atoms with van der Waals surface area (Å²) >= 11 is 1.62. The molecular weight excluding hydrogens is 276 g/mol. The molecule has 1 aromatic rings. The fourth-order valence-corrected chi connectivity index (χ4v) is 2.45. The number of thioether (sulfide) groups is 1. The van der Waals surface area contributed by atoms with Crippen molar-refractivity contribution in [3.8, 4) is 5.75 Å². The lowest BCUT2D eigenvalue weighted by Crippen LogP contribution is -2.48. The van der Waals surface area contributed by atoms with Crippen LogP contribution in [0, 0.1) is 5.92 Å². The van der Waals surface area contributed by atoms with Crippen molar-refractivity contribution in [2.75, 3.05) is 11.5 Å². The molecule has 6 heteroatoms. The van der Waals surface area contributed by atoms with Gasteiger partial charge >= 0.3 is 0 Å². The van der Waals surface area contributed by atoms with Crippen LogP contribution in [0.5, 0.6) is 5.75 Å². The van der Waals surface area contributed by atoms with Crippen molar-refractivity contribution in [3.63, 3.8) is 0 Å². The van der Waals surface area contributed by atoms with Gasteiger partial charge in [0.15, 0.2) is 11.9 Å². The smallest absolute Gasteiger partial charge is 0.283 e. The first-order valence-corrected chi connectivity index (χ1v) is 7.69. The molecular formula is C14H22N2O3S. The molecule has 0 spiro atoms. The maximum Gasteiger partial charge on any atom is 0.283 e. The van der Waals surface area contributed by atoms with Gasteiger partial charge in [-0.15, -0.1) is 0 Å². The maximum absolute atomic E-state index is 11.7. The Kier molecular flexibility index (Phi) is 7.43. The van der Waals surface area contributed by atoms with Gasteiger partial charge in [0.25, 0.3) is 5.91 Å². The van der Waals surface area contributed by atoms with E-state index in [0.29, 0.717) is 17.4 Å². The standard InChI is InChI=1S/C14H22N2O3S/c1-10(2)8-20-9-12(15)13(17)14(18)16-19-11-6-4-3-5-7-11/h3-7,10,12-13,17H,8-9,15H2,1-2H3,(H,16,18)/t12-,13?/m1/s1. The highest BCUT2D eigenvalue weighted by atomic mass is 32.2. The van der Waals surface area contributed by atoms with Crippen molar-refractivity contribution in [1.82, 2.24) is 5.48 Å². The fraction of sp³-hybridized carbons (Fsp3) is 0.500. The fourth-order valence-electron chi connectivity index (χ4n) is 1.38. The first kappa shape index (κ1) is 16.8. The number of rotatable bonds is 8. The molecule has 0 saturated carbocycles. The van der Waals surface area contributed by atoms with Crippen LogP contribution in [-0.4, -0.2) is 34.7 Å². The number of hydrogen-bond acceptors (Lipinski definition) is 5. The van der Waals surface area contributed by atoms with E-state index in [0.717, 1.165) is 5.75 Å². The molecule has 0 aromatic heterocycles. The Morgan fingerprint density at radius 2 is 2.00 bits per heavy atom. The van der Waals surface area contributed by atoms with Crippen molar-refractivity contribution in [2.45, 2.75) is 26.0 Å². The third-order valence-electron chi connectivity index (χ3n) is 2.45. The van der Waals surface area contributed by atoms with Crippen LogP contribution in [0.25, 0.3) is 0 Å². The molecule has 1 rings (SSSR count). The highest BCUT2D eigenvalue weighted by Crippen LogP contribution is 2.10. The van der Waals surface area contributed by atoms with Crippen LogP contribution >= 0.6 is 11.8 Å². The molecule has 0 heterocycles. The number of hydroxylamine groups is 1. The summed E-state index contributed by atoms with van der Waals surface area (Å²) in [5.41, 5.74) is 7.99. The second-order valence-electron chi connectivity index (χ2n) is 4.92. The molecule has 0 bridgehead atoms. The lowest BCUT2D eigenvalue weighted by Gasteiger charge is -2.18. The zero-order valence-electron chi connectivity index (χ0n) is 11.8. The molecule has 0 fully saturated rings. The van der Waals surface area contributed by atoms with Gasteiger partial charge in [0, 0.05) is 11.8 Å². The summed E-state index contributed by atoms with van der Waals surface area (Å²) in [7, 11) is 0. The number of para-hydroxylation sites is 1. The topological polar surface area (TPSA) is 84.6 Å². The van der Waals surface area contributed by atoms with Crippen molar-refractivity contribution >= 4 is 17.7 Å². The predicted molar refractivity (Wildman–Crippen MR) is 81.4 cm³/mol. The predicted octanol–water partition coefficient (Wildman–Crippen LogP) is 1.17. The molecule has 1 amide bonds. The van der Waals surface area contributed by atoms with E-state index in [1.165, 1.54) is 0 Å². The van der Waals surface area contributed by atoms with Gasteiger partial charge in [0.1, 0.15) is 0 Å². The third kappa shape index (κ3) is 6.27. The minimum Gasteiger partial charge on any atom is -0.381 e. The van der Waals surface area contributed by atoms with E-state index in [4.69, 9.17) is 10.6 Å². The Bertz CT molecular complexity index is 401. The average molecular weight is 298 g/mol. The van der Waals surface area contributed by atoms with Crippen LogP contribution in [0.3, 0.4) is 0 Å². The summed E-state index contributed by atoms with van der Waals surface area (Å²) in [6, 6.07) is 8.19. The Balaban J connectivity index is 2.31. The van der Waals surface area contributed by atoms with E-state index >= 15 is 0 Å². The van der Waals surface area contributed by atoms with Gasteiger partial charge in [0.2, 0.25) is 0 Å². The first-order chi connectivity index (χ1) is 9.50. The normalized spacial score (nSPS) is 13.8. The number of aliphatic hydroxyl groups is 1. The number of nitrogens with one attached hydrogen (secondary N) is 1. The van der Waals surface area contributed by atoms with Crippen molar-refractivity contribution < 1.29 is 14.7 Å². The van der Waals surface area contributed by atoms with E-state index in [2.05, 4.69) is 19.3 Å². The van der Waals surface area contributed by atoms with Crippen LogP contribution in [-0.2, 0) is 4.79 Å². The second-order valence-corrected chi connectivity index (χ2v) is 6.00. The minimum absolute atomic E-state index is 0.496. The van der Waals surface area contributed by atoms with Gasteiger partial charge in [-0.25, -0.2) is 0 Å². The molecule has 1 unspecified atom stereocenters. The summed E-state index contributed by atoms with van der Waals surface area (Å²) in [6.45, 7) is 4.21. The molecule has 5 nitrogen and oxygen atoms in total. The van der Waals surface area contributed by atoms with Gasteiger partial charge in [-0.2, -0.15) is 17.2 Å². The summed E-state index contributed by atoms with van der Waals surface area (Å²) in [5.74, 6) is 1.89. The number of carbonyl (C=O) groups excluding carboxylic acids is 1. The number of nitrogens with two attached hydrogens (primary N) is 1. The zero-order chi connectivity index (χ0) is 15.0. The molecule has 0 aliphatic rings. The Morgan fingerprint density at radius 1 is 1.35 bits per heavy atom. The van der Waals surface area contributed by atoms with Gasteiger partial charge < -0.3 is 15.7 Å². The number of carbonyl (C=O) groups is 1. The molecule has 112 valence electrons. The molecule has 2 atom stereocenters. The van der Waals surface area contributed by atoms with Gasteiger partial charge in [-0.3, -0.25) is 4.79 Å². The zero-order valence-corrected chi connectivity index (χ0v) is 12.6. The highest BCUT2D eigenvalue weighted by Gasteiger charge is 2.23. The summed E-state index contributed by atoms with van der Waals surface area (Å²) in [5, 5.41) is 9.80. The molecule has 0 saturated heterocycles. The summed E-state index contributed by atoms with van der Waals surface area (Å²) in [4.78, 5) is 16.7. The molecule has 0 aliphatic heterocycles. The van der Waals surface area contributed by atoms with E-state index in [1.54, 1.807) is 36.0 Å². The lowest BCUT2D eigenvalue weighted by atomic mass is 10.2. The van der Waals surface area contributed by atoms with E-state index < -0.39 is 18.1 Å². The number of benzene rings is 1. The van der Waals surface area contributed by atoms with E-state index in [-0.39, 0.29) is 0 Å². The molecule has 0 radical (unpaired) electrons. The Hall–Kier alpha value is -1.24. The van der Waals surface area contributed by atoms with Crippen molar-refractivity contribution in [3.05, 3.63) is 30.3 Å². The number of hydrogen-bond donors (Lipinski definition) is 3.